The number of amides is 1. The number of hydrogen-bond acceptors (Lipinski definition) is 4. The van der Waals surface area contributed by atoms with Crippen LogP contribution in [-0.4, -0.2) is 37.0 Å². The van der Waals surface area contributed by atoms with Crippen LogP contribution in [0.5, 0.6) is 0 Å². The summed E-state index contributed by atoms with van der Waals surface area (Å²) in [5.41, 5.74) is 0.169. The van der Waals surface area contributed by atoms with Gasteiger partial charge in [0.05, 0.1) is 13.2 Å². The molecule has 0 saturated carbocycles. The smallest absolute Gasteiger partial charge is 0.407 e. The number of hydrogen-bond donors (Lipinski definition) is 1. The van der Waals surface area contributed by atoms with Crippen LogP contribution in [0.4, 0.5) is 9.18 Å². The lowest BCUT2D eigenvalue weighted by atomic mass is 10.0. The highest BCUT2D eigenvalue weighted by atomic mass is 19.1. The molecule has 0 aliphatic heterocycles. The number of alkyl halides is 1. The van der Waals surface area contributed by atoms with Crippen molar-refractivity contribution in [1.82, 2.24) is 5.32 Å². The molecule has 6 heteroatoms. The summed E-state index contributed by atoms with van der Waals surface area (Å²) in [5, 5.41) is 2.52. The monoisotopic (exact) mass is 337 g/mol. The molecule has 0 radical (unpaired) electrons. The molecule has 0 aliphatic carbocycles. The van der Waals surface area contributed by atoms with Gasteiger partial charge in [-0.05, 0) is 38.8 Å². The van der Waals surface area contributed by atoms with E-state index in [9.17, 15) is 14.0 Å². The van der Waals surface area contributed by atoms with Gasteiger partial charge in [0, 0.05) is 6.08 Å². The minimum absolute atomic E-state index is 0.257. The van der Waals surface area contributed by atoms with E-state index in [0.29, 0.717) is 0 Å². The van der Waals surface area contributed by atoms with Gasteiger partial charge in [-0.25, -0.2) is 14.0 Å². The van der Waals surface area contributed by atoms with Crippen LogP contribution in [0.2, 0.25) is 0 Å². The molecule has 0 spiro atoms. The van der Waals surface area contributed by atoms with E-state index in [0.717, 1.165) is 17.7 Å². The first-order valence-electron chi connectivity index (χ1n) is 7.65. The molecule has 0 fully saturated rings. The first-order chi connectivity index (χ1) is 11.2. The fraction of sp³-hybridized carbons (Fsp3) is 0.444. The lowest BCUT2D eigenvalue weighted by Gasteiger charge is -2.24. The summed E-state index contributed by atoms with van der Waals surface area (Å²) in [6.07, 6.45) is 0.0394. The molecule has 0 aliphatic rings. The third-order valence-corrected chi connectivity index (χ3v) is 3.00. The van der Waals surface area contributed by atoms with Gasteiger partial charge >= 0.3 is 12.1 Å². The molecule has 2 atom stereocenters. The maximum atomic E-state index is 14.5. The molecule has 1 aromatic carbocycles. The van der Waals surface area contributed by atoms with E-state index in [1.165, 1.54) is 7.11 Å². The molecular weight excluding hydrogens is 313 g/mol. The normalized spacial score (nSPS) is 14.0. The van der Waals surface area contributed by atoms with Crippen LogP contribution in [0, 0.1) is 0 Å². The summed E-state index contributed by atoms with van der Waals surface area (Å²) < 4.78 is 24.1. The zero-order chi connectivity index (χ0) is 18.2. The Morgan fingerprint density at radius 1 is 1.25 bits per heavy atom. The van der Waals surface area contributed by atoms with Gasteiger partial charge in [0.2, 0.25) is 0 Å². The van der Waals surface area contributed by atoms with Crippen molar-refractivity contribution in [3.05, 3.63) is 48.0 Å². The molecule has 5 nitrogen and oxygen atoms in total. The fourth-order valence-electron chi connectivity index (χ4n) is 1.94. The van der Waals surface area contributed by atoms with Crippen molar-refractivity contribution < 1.29 is 23.5 Å². The van der Waals surface area contributed by atoms with E-state index in [2.05, 4.69) is 10.1 Å². The summed E-state index contributed by atoms with van der Waals surface area (Å²) in [6.45, 7) is 5.18. The van der Waals surface area contributed by atoms with Gasteiger partial charge in [-0.1, -0.05) is 30.3 Å². The molecular formula is C18H24FNO4. The molecule has 1 aromatic rings. The Kier molecular flexibility index (Phi) is 7.42. The highest BCUT2D eigenvalue weighted by Gasteiger charge is 2.25. The largest absolute Gasteiger partial charge is 0.466 e. The van der Waals surface area contributed by atoms with Crippen molar-refractivity contribution in [3.63, 3.8) is 0 Å². The fourth-order valence-corrected chi connectivity index (χ4v) is 1.94. The summed E-state index contributed by atoms with van der Waals surface area (Å²) in [4.78, 5) is 23.1. The van der Waals surface area contributed by atoms with Crippen LogP contribution in [0.3, 0.4) is 0 Å². The van der Waals surface area contributed by atoms with Crippen molar-refractivity contribution in [2.75, 3.05) is 7.11 Å². The molecule has 132 valence electrons. The molecule has 0 saturated heterocycles. The zero-order valence-corrected chi connectivity index (χ0v) is 14.4. The Morgan fingerprint density at radius 3 is 2.42 bits per heavy atom. The second kappa shape index (κ2) is 9.05. The lowest BCUT2D eigenvalue weighted by molar-refractivity contribution is -0.134. The minimum Gasteiger partial charge on any atom is -0.466 e. The van der Waals surface area contributed by atoms with E-state index in [1.54, 1.807) is 20.8 Å². The van der Waals surface area contributed by atoms with E-state index >= 15 is 0 Å². The molecule has 24 heavy (non-hydrogen) atoms. The number of esters is 1. The quantitative estimate of drug-likeness (QED) is 0.639. The summed E-state index contributed by atoms with van der Waals surface area (Å²) in [6, 6.07) is 8.31. The van der Waals surface area contributed by atoms with Crippen LogP contribution in [0.15, 0.2) is 42.5 Å². The summed E-state index contributed by atoms with van der Waals surface area (Å²) >= 11 is 0. The van der Waals surface area contributed by atoms with E-state index in [-0.39, 0.29) is 6.42 Å². The van der Waals surface area contributed by atoms with Crippen LogP contribution in [0.25, 0.3) is 0 Å². The van der Waals surface area contributed by atoms with E-state index in [4.69, 9.17) is 4.74 Å². The maximum Gasteiger partial charge on any atom is 0.407 e. The molecule has 1 amide bonds. The zero-order valence-electron chi connectivity index (χ0n) is 14.4. The average Bonchev–Trinajstić information content (AvgIpc) is 2.50. The Labute approximate surface area is 141 Å². The third-order valence-electron chi connectivity index (χ3n) is 3.00. The third kappa shape index (κ3) is 7.76. The van der Waals surface area contributed by atoms with Crippen molar-refractivity contribution in [1.29, 1.82) is 0 Å². The molecule has 0 bridgehead atoms. The Bertz CT molecular complexity index is 566. The van der Waals surface area contributed by atoms with Gasteiger partial charge in [-0.3, -0.25) is 0 Å². The predicted molar refractivity (Wildman–Crippen MR) is 89.4 cm³/mol. The van der Waals surface area contributed by atoms with Crippen LogP contribution in [0.1, 0.15) is 26.3 Å². The number of carbonyl (C=O) groups excluding carboxylic acids is 2. The SMILES string of the molecule is COC(=O)/C=C/[C@H](F)[C@H](Cc1ccccc1)NC(=O)OC(C)(C)C. The number of benzene rings is 1. The Hall–Kier alpha value is -2.37. The highest BCUT2D eigenvalue weighted by Crippen LogP contribution is 2.12. The first kappa shape index (κ1) is 19.7. The average molecular weight is 337 g/mol. The number of alkyl carbamates (subject to hydrolysis) is 1. The van der Waals surface area contributed by atoms with Crippen LogP contribution >= 0.6 is 0 Å². The Morgan fingerprint density at radius 2 is 1.88 bits per heavy atom. The molecule has 1 N–H and O–H groups in total. The number of methoxy groups -OCH3 is 1. The number of halogens is 1. The molecule has 1 rings (SSSR count). The van der Waals surface area contributed by atoms with Gasteiger partial charge in [0.15, 0.2) is 0 Å². The van der Waals surface area contributed by atoms with Crippen LogP contribution < -0.4 is 5.32 Å². The van der Waals surface area contributed by atoms with Crippen molar-refractivity contribution in [2.24, 2.45) is 0 Å². The van der Waals surface area contributed by atoms with Gasteiger partial charge in [-0.15, -0.1) is 0 Å². The Balaban J connectivity index is 2.84. The van der Waals surface area contributed by atoms with Gasteiger partial charge in [0.25, 0.3) is 0 Å². The first-order valence-corrected chi connectivity index (χ1v) is 7.65. The van der Waals surface area contributed by atoms with Gasteiger partial charge < -0.3 is 14.8 Å². The van der Waals surface area contributed by atoms with Gasteiger partial charge in [-0.2, -0.15) is 0 Å². The molecule has 0 heterocycles. The van der Waals surface area contributed by atoms with E-state index < -0.39 is 29.9 Å². The standard InChI is InChI=1S/C18H24FNO4/c1-18(2,3)24-17(22)20-15(12-13-8-6-5-7-9-13)14(19)10-11-16(21)23-4/h5-11,14-15H,12H2,1-4H3,(H,20,22)/b11-10+/t14-,15-/m0/s1. The van der Waals surface area contributed by atoms with Crippen molar-refractivity contribution >= 4 is 12.1 Å². The van der Waals surface area contributed by atoms with Crippen molar-refractivity contribution in [2.45, 2.75) is 45.0 Å². The number of rotatable bonds is 6. The summed E-state index contributed by atoms with van der Waals surface area (Å²) in [5.74, 6) is -0.659. The number of nitrogens with one attached hydrogen (secondary N) is 1. The number of carbonyl (C=O) groups is 2. The predicted octanol–water partition coefficient (Wildman–Crippen LogP) is 3.19. The second-order valence-corrected chi connectivity index (χ2v) is 6.27. The number of ether oxygens (including phenoxy) is 2. The van der Waals surface area contributed by atoms with E-state index in [1.807, 2.05) is 30.3 Å². The topological polar surface area (TPSA) is 64.6 Å². The maximum absolute atomic E-state index is 14.5. The lowest BCUT2D eigenvalue weighted by Crippen LogP contribution is -2.44. The highest BCUT2D eigenvalue weighted by molar-refractivity contribution is 5.81. The second-order valence-electron chi connectivity index (χ2n) is 6.27. The minimum atomic E-state index is -1.57. The van der Waals surface area contributed by atoms with Crippen LogP contribution in [-0.2, 0) is 20.7 Å². The molecule has 0 unspecified atom stereocenters. The molecule has 0 aromatic heterocycles. The van der Waals surface area contributed by atoms with Crippen molar-refractivity contribution in [3.8, 4) is 0 Å². The van der Waals surface area contributed by atoms with Gasteiger partial charge in [0.1, 0.15) is 11.8 Å². The summed E-state index contributed by atoms with van der Waals surface area (Å²) in [7, 11) is 1.21.